The van der Waals surface area contributed by atoms with Crippen LogP contribution in [0.1, 0.15) is 34.8 Å². The molecule has 4 aromatic rings. The van der Waals surface area contributed by atoms with Crippen molar-refractivity contribution in [1.82, 2.24) is 10.3 Å². The highest BCUT2D eigenvalue weighted by Crippen LogP contribution is 2.33. The molecule has 0 aliphatic carbocycles. The molecule has 0 spiro atoms. The Morgan fingerprint density at radius 1 is 1.07 bits per heavy atom. The van der Waals surface area contributed by atoms with Gasteiger partial charge in [0.1, 0.15) is 5.76 Å². The summed E-state index contributed by atoms with van der Waals surface area (Å²) in [4.78, 5) is 17.6. The number of para-hydroxylation sites is 1. The van der Waals surface area contributed by atoms with Gasteiger partial charge >= 0.3 is 5.97 Å². The predicted octanol–water partition coefficient (Wildman–Crippen LogP) is 5.13. The van der Waals surface area contributed by atoms with Gasteiger partial charge in [0.25, 0.3) is 0 Å². The topological polar surface area (TPSA) is 64.4 Å². The van der Waals surface area contributed by atoms with Crippen LogP contribution in [0.4, 0.5) is 0 Å². The van der Waals surface area contributed by atoms with E-state index >= 15 is 0 Å². The smallest absolute Gasteiger partial charge is 0.340 e. The van der Waals surface area contributed by atoms with Gasteiger partial charge in [0.15, 0.2) is 0 Å². The minimum absolute atomic E-state index is 0.0241. The summed E-state index contributed by atoms with van der Waals surface area (Å²) in [5.41, 5.74) is 3.75. The fraction of sp³-hybridized carbons (Fsp3) is 0.167. The van der Waals surface area contributed by atoms with E-state index in [1.165, 1.54) is 7.11 Å². The molecule has 0 saturated carbocycles. The Labute approximate surface area is 169 Å². The fourth-order valence-corrected chi connectivity index (χ4v) is 3.51. The first-order valence-corrected chi connectivity index (χ1v) is 9.51. The Bertz CT molecular complexity index is 1120. The second-order valence-electron chi connectivity index (χ2n) is 6.80. The number of nitrogens with zero attached hydrogens (tertiary/aromatic N) is 1. The molecule has 0 bridgehead atoms. The van der Waals surface area contributed by atoms with Crippen LogP contribution in [-0.2, 0) is 11.3 Å². The van der Waals surface area contributed by atoms with Crippen LogP contribution in [0.2, 0.25) is 0 Å². The van der Waals surface area contributed by atoms with Gasteiger partial charge in [-0.25, -0.2) is 4.79 Å². The van der Waals surface area contributed by atoms with Gasteiger partial charge in [0.05, 0.1) is 36.2 Å². The average molecular weight is 386 g/mol. The number of pyridine rings is 1. The molecule has 0 radical (unpaired) electrons. The maximum absolute atomic E-state index is 12.8. The molecule has 0 saturated heterocycles. The summed E-state index contributed by atoms with van der Waals surface area (Å²) in [7, 11) is 1.40. The molecule has 0 amide bonds. The van der Waals surface area contributed by atoms with Gasteiger partial charge in [-0.1, -0.05) is 48.5 Å². The highest BCUT2D eigenvalue weighted by molar-refractivity contribution is 6.07. The van der Waals surface area contributed by atoms with Crippen LogP contribution in [0.15, 0.2) is 77.4 Å². The van der Waals surface area contributed by atoms with E-state index in [2.05, 4.69) is 5.32 Å². The van der Waals surface area contributed by atoms with E-state index in [1.807, 2.05) is 73.7 Å². The molecule has 2 aromatic heterocycles. The first-order chi connectivity index (χ1) is 14.2. The second-order valence-corrected chi connectivity index (χ2v) is 6.80. The standard InChI is InChI=1S/C24H22N2O3/c1-16(21-13-8-14-29-21)25-15-20-23(24(27)28-2)22(17-9-4-3-5-10-17)18-11-6-7-12-19(18)26-20/h3-14,16,25H,15H2,1-2H3/t16-/m0/s1. The molecule has 0 aliphatic heterocycles. The van der Waals surface area contributed by atoms with Gasteiger partial charge in [0, 0.05) is 17.5 Å². The van der Waals surface area contributed by atoms with Gasteiger partial charge in [-0.05, 0) is 30.7 Å². The molecule has 1 atom stereocenters. The Hall–Kier alpha value is -3.44. The molecule has 0 aliphatic rings. The van der Waals surface area contributed by atoms with Crippen molar-refractivity contribution >= 4 is 16.9 Å². The number of nitrogens with one attached hydrogen (secondary N) is 1. The zero-order valence-corrected chi connectivity index (χ0v) is 16.4. The van der Waals surface area contributed by atoms with E-state index in [4.69, 9.17) is 14.1 Å². The van der Waals surface area contributed by atoms with Crippen LogP contribution < -0.4 is 5.32 Å². The number of hydrogen-bond acceptors (Lipinski definition) is 5. The number of rotatable bonds is 6. The van der Waals surface area contributed by atoms with Crippen molar-refractivity contribution in [2.75, 3.05) is 7.11 Å². The van der Waals surface area contributed by atoms with Crippen molar-refractivity contribution in [3.8, 4) is 11.1 Å². The summed E-state index contributed by atoms with van der Waals surface area (Å²) in [5.74, 6) is 0.429. The van der Waals surface area contributed by atoms with Crippen molar-refractivity contribution in [2.24, 2.45) is 0 Å². The molecule has 2 heterocycles. The van der Waals surface area contributed by atoms with Crippen molar-refractivity contribution in [3.05, 3.63) is 90.0 Å². The van der Waals surface area contributed by atoms with Gasteiger partial charge in [0.2, 0.25) is 0 Å². The lowest BCUT2D eigenvalue weighted by Gasteiger charge is -2.18. The molecular formula is C24H22N2O3. The van der Waals surface area contributed by atoms with Crippen LogP contribution in [0.25, 0.3) is 22.0 Å². The van der Waals surface area contributed by atoms with Crippen molar-refractivity contribution in [1.29, 1.82) is 0 Å². The summed E-state index contributed by atoms with van der Waals surface area (Å²) in [6.45, 7) is 2.41. The lowest BCUT2D eigenvalue weighted by Crippen LogP contribution is -2.21. The number of carbonyl (C=O) groups is 1. The number of aromatic nitrogens is 1. The zero-order chi connectivity index (χ0) is 20.2. The minimum atomic E-state index is -0.399. The number of esters is 1. The fourth-order valence-electron chi connectivity index (χ4n) is 3.51. The second kappa shape index (κ2) is 8.29. The SMILES string of the molecule is COC(=O)c1c(CN[C@@H](C)c2ccco2)nc2ccccc2c1-c1ccccc1. The highest BCUT2D eigenvalue weighted by atomic mass is 16.5. The van der Waals surface area contributed by atoms with Crippen molar-refractivity contribution in [2.45, 2.75) is 19.5 Å². The molecular weight excluding hydrogens is 364 g/mol. The van der Waals surface area contributed by atoms with Crippen LogP contribution in [-0.4, -0.2) is 18.1 Å². The maximum Gasteiger partial charge on any atom is 0.340 e. The van der Waals surface area contributed by atoms with E-state index in [9.17, 15) is 4.79 Å². The largest absolute Gasteiger partial charge is 0.468 e. The Morgan fingerprint density at radius 2 is 1.83 bits per heavy atom. The first-order valence-electron chi connectivity index (χ1n) is 9.51. The summed E-state index contributed by atoms with van der Waals surface area (Å²) in [6, 6.07) is 21.5. The highest BCUT2D eigenvalue weighted by Gasteiger charge is 2.23. The summed E-state index contributed by atoms with van der Waals surface area (Å²) < 4.78 is 10.6. The van der Waals surface area contributed by atoms with Crippen LogP contribution >= 0.6 is 0 Å². The Kier molecular flexibility index (Phi) is 5.40. The van der Waals surface area contributed by atoms with E-state index in [0.717, 1.165) is 27.8 Å². The van der Waals surface area contributed by atoms with Crippen molar-refractivity contribution in [3.63, 3.8) is 0 Å². The number of ether oxygens (including phenoxy) is 1. The van der Waals surface area contributed by atoms with Crippen LogP contribution in [0.5, 0.6) is 0 Å². The van der Waals surface area contributed by atoms with E-state index < -0.39 is 5.97 Å². The minimum Gasteiger partial charge on any atom is -0.468 e. The summed E-state index contributed by atoms with van der Waals surface area (Å²) >= 11 is 0. The number of carbonyl (C=O) groups excluding carboxylic acids is 1. The molecule has 2 aromatic carbocycles. The van der Waals surface area contributed by atoms with Gasteiger partial charge < -0.3 is 14.5 Å². The molecule has 5 heteroatoms. The number of methoxy groups -OCH3 is 1. The van der Waals surface area contributed by atoms with Gasteiger partial charge in [-0.2, -0.15) is 0 Å². The molecule has 0 unspecified atom stereocenters. The predicted molar refractivity (Wildman–Crippen MR) is 112 cm³/mol. The van der Waals surface area contributed by atoms with Crippen molar-refractivity contribution < 1.29 is 13.9 Å². The third-order valence-electron chi connectivity index (χ3n) is 4.97. The summed E-state index contributed by atoms with van der Waals surface area (Å²) in [5, 5.41) is 4.32. The maximum atomic E-state index is 12.8. The summed E-state index contributed by atoms with van der Waals surface area (Å²) in [6.07, 6.45) is 1.65. The quantitative estimate of drug-likeness (QED) is 0.465. The van der Waals surface area contributed by atoms with Gasteiger partial charge in [-0.15, -0.1) is 0 Å². The van der Waals surface area contributed by atoms with Gasteiger partial charge in [-0.3, -0.25) is 4.98 Å². The third kappa shape index (κ3) is 3.77. The zero-order valence-electron chi connectivity index (χ0n) is 16.4. The average Bonchev–Trinajstić information content (AvgIpc) is 3.31. The number of hydrogen-bond donors (Lipinski definition) is 1. The molecule has 4 rings (SSSR count). The lowest BCUT2D eigenvalue weighted by molar-refractivity contribution is 0.0599. The monoisotopic (exact) mass is 386 g/mol. The molecule has 1 N–H and O–H groups in total. The third-order valence-corrected chi connectivity index (χ3v) is 4.97. The van der Waals surface area contributed by atoms with E-state index in [-0.39, 0.29) is 6.04 Å². The number of furan rings is 1. The Balaban J connectivity index is 1.86. The molecule has 5 nitrogen and oxygen atoms in total. The lowest BCUT2D eigenvalue weighted by atomic mass is 9.94. The van der Waals surface area contributed by atoms with E-state index in [1.54, 1.807) is 6.26 Å². The molecule has 0 fully saturated rings. The number of fused-ring (bicyclic) bond motifs is 1. The first kappa shape index (κ1) is 18.9. The van der Waals surface area contributed by atoms with Crippen LogP contribution in [0.3, 0.4) is 0 Å². The van der Waals surface area contributed by atoms with E-state index in [0.29, 0.717) is 17.8 Å². The van der Waals surface area contributed by atoms with Crippen LogP contribution in [0, 0.1) is 0 Å². The Morgan fingerprint density at radius 3 is 2.55 bits per heavy atom. The number of benzene rings is 2. The molecule has 146 valence electrons. The molecule has 29 heavy (non-hydrogen) atoms. The normalized spacial score (nSPS) is 12.1.